The fraction of sp³-hybridized carbons (Fsp3) is 0.929. The average Bonchev–Trinajstić information content (AvgIpc) is 2.37. The van der Waals surface area contributed by atoms with E-state index in [1.54, 1.807) is 0 Å². The van der Waals surface area contributed by atoms with Gasteiger partial charge in [-0.15, -0.1) is 0 Å². The van der Waals surface area contributed by atoms with Crippen molar-refractivity contribution in [2.45, 2.75) is 56.6 Å². The molecule has 3 nitrogen and oxygen atoms in total. The maximum atomic E-state index is 8.93. The molecule has 3 aliphatic rings. The van der Waals surface area contributed by atoms with E-state index in [0.29, 0.717) is 5.92 Å². The number of likely N-dealkylation sites (tertiary alicyclic amines) is 1. The first-order valence-corrected chi connectivity index (χ1v) is 7.09. The van der Waals surface area contributed by atoms with Crippen molar-refractivity contribution in [2.24, 2.45) is 5.92 Å². The van der Waals surface area contributed by atoms with Crippen molar-refractivity contribution in [1.29, 1.82) is 5.26 Å². The first kappa shape index (κ1) is 11.5. The van der Waals surface area contributed by atoms with Crippen molar-refractivity contribution in [3.05, 3.63) is 0 Å². The molecule has 94 valence electrons. The van der Waals surface area contributed by atoms with Crippen LogP contribution in [0, 0.1) is 17.2 Å². The second-order valence-electron chi connectivity index (χ2n) is 5.97. The minimum Gasteiger partial charge on any atom is -0.375 e. The highest BCUT2D eigenvalue weighted by molar-refractivity contribution is 4.98. The Morgan fingerprint density at radius 3 is 2.53 bits per heavy atom. The Labute approximate surface area is 104 Å². The number of rotatable bonds is 1. The summed E-state index contributed by atoms with van der Waals surface area (Å²) in [5, 5.41) is 8.93. The molecule has 3 rings (SSSR count). The summed E-state index contributed by atoms with van der Waals surface area (Å²) in [6.07, 6.45) is 8.48. The van der Waals surface area contributed by atoms with Gasteiger partial charge in [0.1, 0.15) is 0 Å². The molecule has 0 aromatic rings. The molecule has 17 heavy (non-hydrogen) atoms. The van der Waals surface area contributed by atoms with Crippen LogP contribution < -0.4 is 0 Å². The number of ether oxygens (including phenoxy) is 1. The summed E-state index contributed by atoms with van der Waals surface area (Å²) in [7, 11) is 0. The van der Waals surface area contributed by atoms with Crippen molar-refractivity contribution < 1.29 is 4.74 Å². The zero-order valence-corrected chi connectivity index (χ0v) is 10.5. The molecule has 0 aromatic heterocycles. The third-order valence-corrected chi connectivity index (χ3v) is 4.96. The summed E-state index contributed by atoms with van der Waals surface area (Å²) < 4.78 is 5.99. The summed E-state index contributed by atoms with van der Waals surface area (Å²) in [4.78, 5) is 2.62. The molecule has 1 aliphatic carbocycles. The third-order valence-electron chi connectivity index (χ3n) is 4.96. The van der Waals surface area contributed by atoms with Crippen molar-refractivity contribution in [3.63, 3.8) is 0 Å². The van der Waals surface area contributed by atoms with Crippen LogP contribution in [0.25, 0.3) is 0 Å². The van der Waals surface area contributed by atoms with Crippen molar-refractivity contribution in [3.8, 4) is 6.07 Å². The summed E-state index contributed by atoms with van der Waals surface area (Å²) in [6, 6.07) is 3.14. The van der Waals surface area contributed by atoms with Crippen LogP contribution >= 0.6 is 0 Å². The smallest absolute Gasteiger partial charge is 0.0697 e. The van der Waals surface area contributed by atoms with Crippen molar-refractivity contribution >= 4 is 0 Å². The van der Waals surface area contributed by atoms with Gasteiger partial charge in [0.2, 0.25) is 0 Å². The van der Waals surface area contributed by atoms with E-state index in [1.165, 1.54) is 32.1 Å². The molecular formula is C14H22N2O. The van der Waals surface area contributed by atoms with Gasteiger partial charge in [-0.05, 0) is 58.0 Å². The van der Waals surface area contributed by atoms with Gasteiger partial charge < -0.3 is 9.64 Å². The van der Waals surface area contributed by atoms with Crippen LogP contribution in [0.5, 0.6) is 0 Å². The maximum absolute atomic E-state index is 8.93. The van der Waals surface area contributed by atoms with Crippen LogP contribution in [-0.4, -0.2) is 36.2 Å². The molecule has 2 saturated heterocycles. The number of hydrogen-bond acceptors (Lipinski definition) is 3. The highest BCUT2D eigenvalue weighted by Crippen LogP contribution is 2.43. The van der Waals surface area contributed by atoms with Crippen LogP contribution in [0.3, 0.4) is 0 Å². The standard InChI is InChI=1S/C14H22N2O/c15-11-12-2-7-16(8-3-12)13-4-9-17-14(10-13)5-1-6-14/h12-13H,1-10H2. The molecule has 2 aliphatic heterocycles. The number of hydrogen-bond donors (Lipinski definition) is 0. The topological polar surface area (TPSA) is 36.3 Å². The van der Waals surface area contributed by atoms with Gasteiger partial charge >= 0.3 is 0 Å². The van der Waals surface area contributed by atoms with E-state index in [4.69, 9.17) is 10.00 Å². The Morgan fingerprint density at radius 1 is 1.18 bits per heavy atom. The van der Waals surface area contributed by atoms with Crippen LogP contribution in [0.15, 0.2) is 0 Å². The van der Waals surface area contributed by atoms with Crippen LogP contribution in [0.1, 0.15) is 44.9 Å². The monoisotopic (exact) mass is 234 g/mol. The molecule has 1 saturated carbocycles. The molecule has 1 atom stereocenters. The van der Waals surface area contributed by atoms with E-state index in [-0.39, 0.29) is 5.60 Å². The van der Waals surface area contributed by atoms with Gasteiger partial charge in [0, 0.05) is 18.6 Å². The Morgan fingerprint density at radius 2 is 1.94 bits per heavy atom. The predicted octanol–water partition coefficient (Wildman–Crippen LogP) is 2.32. The lowest BCUT2D eigenvalue weighted by atomic mass is 9.73. The zero-order valence-electron chi connectivity index (χ0n) is 10.5. The lowest BCUT2D eigenvalue weighted by molar-refractivity contribution is -0.150. The summed E-state index contributed by atoms with van der Waals surface area (Å²) in [5.74, 6) is 0.309. The number of piperidine rings is 1. The average molecular weight is 234 g/mol. The first-order valence-electron chi connectivity index (χ1n) is 7.09. The summed E-state index contributed by atoms with van der Waals surface area (Å²) in [6.45, 7) is 3.20. The van der Waals surface area contributed by atoms with E-state index in [2.05, 4.69) is 11.0 Å². The van der Waals surface area contributed by atoms with E-state index < -0.39 is 0 Å². The Bertz CT molecular complexity index is 311. The van der Waals surface area contributed by atoms with Gasteiger partial charge in [0.15, 0.2) is 0 Å². The van der Waals surface area contributed by atoms with E-state index in [1.807, 2.05) is 0 Å². The first-order chi connectivity index (χ1) is 8.31. The molecule has 2 heterocycles. The number of nitriles is 1. The zero-order chi connectivity index (χ0) is 11.7. The Hall–Kier alpha value is -0.590. The van der Waals surface area contributed by atoms with E-state index in [9.17, 15) is 0 Å². The van der Waals surface area contributed by atoms with Crippen LogP contribution in [-0.2, 0) is 4.74 Å². The van der Waals surface area contributed by atoms with Gasteiger partial charge in [-0.25, -0.2) is 0 Å². The Balaban J connectivity index is 1.56. The quantitative estimate of drug-likeness (QED) is 0.698. The molecule has 0 N–H and O–H groups in total. The fourth-order valence-electron chi connectivity index (χ4n) is 3.63. The van der Waals surface area contributed by atoms with E-state index in [0.717, 1.165) is 38.6 Å². The second-order valence-corrected chi connectivity index (χ2v) is 5.97. The Kier molecular flexibility index (Phi) is 3.10. The number of nitrogens with zero attached hydrogens (tertiary/aromatic N) is 2. The van der Waals surface area contributed by atoms with Crippen molar-refractivity contribution in [1.82, 2.24) is 4.90 Å². The van der Waals surface area contributed by atoms with Crippen molar-refractivity contribution in [2.75, 3.05) is 19.7 Å². The minimum absolute atomic E-state index is 0.259. The second kappa shape index (κ2) is 4.59. The SMILES string of the molecule is N#CC1CCN(C2CCOC3(CCC3)C2)CC1. The summed E-state index contributed by atoms with van der Waals surface area (Å²) in [5.41, 5.74) is 0.259. The lowest BCUT2D eigenvalue weighted by Crippen LogP contribution is -2.53. The molecule has 3 heteroatoms. The molecule has 3 fully saturated rings. The van der Waals surface area contributed by atoms with Gasteiger partial charge in [-0.1, -0.05) is 0 Å². The van der Waals surface area contributed by atoms with Gasteiger partial charge in [0.05, 0.1) is 11.7 Å². The van der Waals surface area contributed by atoms with Crippen LogP contribution in [0.2, 0.25) is 0 Å². The third kappa shape index (κ3) is 2.21. The molecule has 0 bridgehead atoms. The maximum Gasteiger partial charge on any atom is 0.0697 e. The minimum atomic E-state index is 0.259. The lowest BCUT2D eigenvalue weighted by Gasteiger charge is -2.50. The van der Waals surface area contributed by atoms with Gasteiger partial charge in [-0.2, -0.15) is 5.26 Å². The largest absolute Gasteiger partial charge is 0.375 e. The molecular weight excluding hydrogens is 212 g/mol. The molecule has 0 aromatic carbocycles. The molecule has 1 spiro atoms. The molecule has 1 unspecified atom stereocenters. The highest BCUT2D eigenvalue weighted by atomic mass is 16.5. The summed E-state index contributed by atoms with van der Waals surface area (Å²) >= 11 is 0. The van der Waals surface area contributed by atoms with E-state index >= 15 is 0 Å². The normalized spacial score (nSPS) is 34.2. The molecule has 0 radical (unpaired) electrons. The highest BCUT2D eigenvalue weighted by Gasteiger charge is 2.44. The van der Waals surface area contributed by atoms with Crippen LogP contribution in [0.4, 0.5) is 0 Å². The predicted molar refractivity (Wildman–Crippen MR) is 65.5 cm³/mol. The fourth-order valence-corrected chi connectivity index (χ4v) is 3.63. The molecule has 0 amide bonds. The van der Waals surface area contributed by atoms with Gasteiger partial charge in [-0.3, -0.25) is 0 Å². The van der Waals surface area contributed by atoms with Gasteiger partial charge in [0.25, 0.3) is 0 Å².